The minimum absolute atomic E-state index is 0.0382. The highest BCUT2D eigenvalue weighted by Crippen LogP contribution is 1.71. The van der Waals surface area contributed by atoms with Gasteiger partial charge in [0.25, 0.3) is 0 Å². The third kappa shape index (κ3) is 18.1. The van der Waals surface area contributed by atoms with Crippen LogP contribution >= 0.6 is 0 Å². The molecule has 0 saturated heterocycles. The van der Waals surface area contributed by atoms with E-state index in [1.165, 1.54) is 21.1 Å². The highest BCUT2D eigenvalue weighted by atomic mass is 16.6. The molecule has 0 rings (SSSR count). The molecule has 0 radical (unpaired) electrons. The Kier molecular flexibility index (Phi) is 12.1. The summed E-state index contributed by atoms with van der Waals surface area (Å²) in [5.74, 6) is -0.556. The fourth-order valence-electron chi connectivity index (χ4n) is 0.380. The Hall–Kier alpha value is -1.10. The molecule has 0 atom stereocenters. The summed E-state index contributed by atoms with van der Waals surface area (Å²) in [6.45, 7) is 3.69. The molecule has 0 amide bonds. The van der Waals surface area contributed by atoms with Gasteiger partial charge < -0.3 is 14.2 Å². The van der Waals surface area contributed by atoms with Gasteiger partial charge in [0.2, 0.25) is 0 Å². The molecule has 0 N–H and O–H groups in total. The van der Waals surface area contributed by atoms with E-state index in [4.69, 9.17) is 0 Å². The molecule has 0 bridgehead atoms. The molecule has 0 spiro atoms. The largest absolute Gasteiger partial charge is 0.467 e. The topological polar surface area (TPSA) is 61.8 Å². The third-order valence-corrected chi connectivity index (χ3v) is 0.837. The molecule has 5 nitrogen and oxygen atoms in total. The van der Waals surface area contributed by atoms with Crippen LogP contribution in [0.15, 0.2) is 0 Å². The minimum atomic E-state index is -0.345. The van der Waals surface area contributed by atoms with Gasteiger partial charge in [0.15, 0.2) is 0 Å². The second kappa shape index (κ2) is 10.9. The summed E-state index contributed by atoms with van der Waals surface area (Å²) >= 11 is 0. The van der Waals surface area contributed by atoms with Gasteiger partial charge in [-0.15, -0.1) is 0 Å². The van der Waals surface area contributed by atoms with Gasteiger partial charge in [0.1, 0.15) is 6.61 Å². The summed E-state index contributed by atoms with van der Waals surface area (Å²) in [7, 11) is 2.76. The smallest absolute Gasteiger partial charge is 0.331 e. The summed E-state index contributed by atoms with van der Waals surface area (Å²) < 4.78 is 13.0. The van der Waals surface area contributed by atoms with Gasteiger partial charge in [-0.05, 0) is 6.92 Å². The molecule has 13 heavy (non-hydrogen) atoms. The minimum Gasteiger partial charge on any atom is -0.467 e. The van der Waals surface area contributed by atoms with E-state index in [1.807, 2.05) is 0 Å². The Morgan fingerprint density at radius 2 is 1.77 bits per heavy atom. The van der Waals surface area contributed by atoms with E-state index >= 15 is 0 Å². The Bertz CT molecular complexity index is 143. The van der Waals surface area contributed by atoms with Crippen molar-refractivity contribution in [1.29, 1.82) is 0 Å². The van der Waals surface area contributed by atoms with Crippen molar-refractivity contribution in [3.05, 3.63) is 0 Å². The number of hydrogen-bond donors (Lipinski definition) is 0. The Balaban J connectivity index is 0. The molecule has 0 heterocycles. The second-order valence-electron chi connectivity index (χ2n) is 1.93. The van der Waals surface area contributed by atoms with Crippen LogP contribution in [0.4, 0.5) is 0 Å². The molecule has 0 aromatic rings. The number of esters is 2. The van der Waals surface area contributed by atoms with Crippen LogP contribution in [-0.2, 0) is 23.8 Å². The van der Waals surface area contributed by atoms with Crippen LogP contribution in [0, 0.1) is 0 Å². The number of ether oxygens (including phenoxy) is 3. The highest BCUT2D eigenvalue weighted by Gasteiger charge is 1.93. The SMILES string of the molecule is CCOC(C)=O.COCC(=O)OC. The molecule has 0 fully saturated rings. The fraction of sp³-hybridized carbons (Fsp3) is 0.750. The van der Waals surface area contributed by atoms with Crippen LogP contribution in [0.2, 0.25) is 0 Å². The predicted molar refractivity (Wildman–Crippen MR) is 46.2 cm³/mol. The molecular formula is C8H16O5. The molecule has 0 aliphatic rings. The number of rotatable bonds is 3. The Morgan fingerprint density at radius 3 is 1.85 bits per heavy atom. The maximum atomic E-state index is 10.1. The fourth-order valence-corrected chi connectivity index (χ4v) is 0.380. The molecule has 0 saturated carbocycles. The van der Waals surface area contributed by atoms with Crippen molar-refractivity contribution in [1.82, 2.24) is 0 Å². The first-order valence-electron chi connectivity index (χ1n) is 3.77. The lowest BCUT2D eigenvalue weighted by molar-refractivity contribution is -0.144. The highest BCUT2D eigenvalue weighted by molar-refractivity contribution is 5.70. The second-order valence-corrected chi connectivity index (χ2v) is 1.93. The van der Waals surface area contributed by atoms with Crippen LogP contribution < -0.4 is 0 Å². The number of carbonyl (C=O) groups excluding carboxylic acids is 2. The van der Waals surface area contributed by atoms with Gasteiger partial charge in [0.05, 0.1) is 13.7 Å². The zero-order valence-corrected chi connectivity index (χ0v) is 8.46. The summed E-state index contributed by atoms with van der Waals surface area (Å²) in [6.07, 6.45) is 0. The van der Waals surface area contributed by atoms with E-state index in [1.54, 1.807) is 6.92 Å². The van der Waals surface area contributed by atoms with E-state index in [0.717, 1.165) is 0 Å². The van der Waals surface area contributed by atoms with Gasteiger partial charge in [-0.25, -0.2) is 4.79 Å². The van der Waals surface area contributed by atoms with E-state index in [9.17, 15) is 9.59 Å². The van der Waals surface area contributed by atoms with Crippen molar-refractivity contribution in [3.8, 4) is 0 Å². The van der Waals surface area contributed by atoms with Crippen LogP contribution in [0.5, 0.6) is 0 Å². The molecular weight excluding hydrogens is 176 g/mol. The van der Waals surface area contributed by atoms with Crippen molar-refractivity contribution in [2.45, 2.75) is 13.8 Å². The lowest BCUT2D eigenvalue weighted by Crippen LogP contribution is -2.07. The molecule has 0 aromatic carbocycles. The Labute approximate surface area is 78.0 Å². The number of carbonyl (C=O) groups is 2. The molecule has 0 unspecified atom stereocenters. The first kappa shape index (κ1) is 14.4. The van der Waals surface area contributed by atoms with Gasteiger partial charge in [-0.3, -0.25) is 4.79 Å². The first-order chi connectivity index (χ1) is 6.08. The average Bonchev–Trinajstić information content (AvgIpc) is 2.05. The lowest BCUT2D eigenvalue weighted by Gasteiger charge is -1.92. The quantitative estimate of drug-likeness (QED) is 0.605. The van der Waals surface area contributed by atoms with E-state index < -0.39 is 0 Å². The zero-order chi connectivity index (χ0) is 10.7. The maximum Gasteiger partial charge on any atom is 0.331 e. The summed E-state index contributed by atoms with van der Waals surface area (Å²) in [5, 5.41) is 0. The van der Waals surface area contributed by atoms with Crippen molar-refractivity contribution in [2.75, 3.05) is 27.4 Å². The van der Waals surface area contributed by atoms with Gasteiger partial charge in [0, 0.05) is 14.0 Å². The number of methoxy groups -OCH3 is 2. The van der Waals surface area contributed by atoms with Crippen molar-refractivity contribution >= 4 is 11.9 Å². The van der Waals surface area contributed by atoms with Crippen LogP contribution in [-0.4, -0.2) is 39.4 Å². The zero-order valence-electron chi connectivity index (χ0n) is 8.46. The van der Waals surface area contributed by atoms with Crippen LogP contribution in [0.25, 0.3) is 0 Å². The predicted octanol–water partition coefficient (Wildman–Crippen LogP) is 0.375. The normalized spacial score (nSPS) is 8.00. The van der Waals surface area contributed by atoms with Crippen molar-refractivity contribution < 1.29 is 23.8 Å². The maximum absolute atomic E-state index is 10.1. The molecule has 0 aromatic heterocycles. The molecule has 0 aliphatic carbocycles. The molecule has 5 heteroatoms. The van der Waals surface area contributed by atoms with Crippen LogP contribution in [0.1, 0.15) is 13.8 Å². The molecule has 0 aliphatic heterocycles. The van der Waals surface area contributed by atoms with Crippen LogP contribution in [0.3, 0.4) is 0 Å². The monoisotopic (exact) mass is 192 g/mol. The summed E-state index contributed by atoms with van der Waals surface area (Å²) in [6, 6.07) is 0. The lowest BCUT2D eigenvalue weighted by atomic mass is 10.7. The standard InChI is InChI=1S/C4H8O3.C4H8O2/c1-6-3-4(5)7-2;1-3-6-4(2)5/h3H2,1-2H3;3H2,1-2H3. The number of hydrogen-bond acceptors (Lipinski definition) is 5. The van der Waals surface area contributed by atoms with Gasteiger partial charge >= 0.3 is 11.9 Å². The average molecular weight is 192 g/mol. The van der Waals surface area contributed by atoms with E-state index in [2.05, 4.69) is 14.2 Å². The summed E-state index contributed by atoms with van der Waals surface area (Å²) in [5.41, 5.74) is 0. The van der Waals surface area contributed by atoms with E-state index in [-0.39, 0.29) is 18.5 Å². The molecule has 78 valence electrons. The van der Waals surface area contributed by atoms with E-state index in [0.29, 0.717) is 6.61 Å². The van der Waals surface area contributed by atoms with Gasteiger partial charge in [-0.1, -0.05) is 0 Å². The third-order valence-electron chi connectivity index (χ3n) is 0.837. The van der Waals surface area contributed by atoms with Crippen molar-refractivity contribution in [3.63, 3.8) is 0 Å². The van der Waals surface area contributed by atoms with Gasteiger partial charge in [-0.2, -0.15) is 0 Å². The van der Waals surface area contributed by atoms with Crippen molar-refractivity contribution in [2.24, 2.45) is 0 Å². The summed E-state index contributed by atoms with van der Waals surface area (Å²) in [4.78, 5) is 19.9. The Morgan fingerprint density at radius 1 is 1.23 bits per heavy atom. The first-order valence-corrected chi connectivity index (χ1v) is 3.77.